The number of para-hydroxylation sites is 1. The molecule has 0 aliphatic rings. The van der Waals surface area contributed by atoms with Crippen molar-refractivity contribution in [3.8, 4) is 0 Å². The Balaban J connectivity index is 1.53. The van der Waals surface area contributed by atoms with Gasteiger partial charge in [0.25, 0.3) is 0 Å². The Morgan fingerprint density at radius 1 is 1.27 bits per heavy atom. The molecule has 0 saturated heterocycles. The normalized spacial score (nSPS) is 11.9. The van der Waals surface area contributed by atoms with Gasteiger partial charge in [-0.25, -0.2) is 4.98 Å². The minimum Gasteiger partial charge on any atom is -0.325 e. The lowest BCUT2D eigenvalue weighted by atomic mass is 10.2. The van der Waals surface area contributed by atoms with Crippen molar-refractivity contribution in [3.63, 3.8) is 0 Å². The summed E-state index contributed by atoms with van der Waals surface area (Å²) in [6, 6.07) is 7.07. The van der Waals surface area contributed by atoms with E-state index in [1.807, 2.05) is 19.4 Å². The van der Waals surface area contributed by atoms with Gasteiger partial charge in [0.05, 0.1) is 21.7 Å². The average Bonchev–Trinajstić information content (AvgIpc) is 3.27. The number of hydrogen-bond donors (Lipinski definition) is 2. The highest BCUT2D eigenvalue weighted by Gasteiger charge is 2.20. The molecule has 0 fully saturated rings. The molecule has 1 atom stereocenters. The molecule has 0 aliphatic carbocycles. The van der Waals surface area contributed by atoms with Gasteiger partial charge in [-0.1, -0.05) is 35.5 Å². The fraction of sp³-hybridized carbons (Fsp3) is 0.316. The molecule has 1 aromatic carbocycles. The minimum atomic E-state index is -0.381. The van der Waals surface area contributed by atoms with Crippen molar-refractivity contribution >= 4 is 57.3 Å². The summed E-state index contributed by atoms with van der Waals surface area (Å²) in [5.41, 5.74) is 1.45. The molecule has 158 valence electrons. The minimum absolute atomic E-state index is 0.155. The van der Waals surface area contributed by atoms with E-state index in [2.05, 4.69) is 25.8 Å². The van der Waals surface area contributed by atoms with Gasteiger partial charge in [0.1, 0.15) is 5.82 Å². The summed E-state index contributed by atoms with van der Waals surface area (Å²) >= 11 is 8.75. The first kappa shape index (κ1) is 22.3. The van der Waals surface area contributed by atoms with Crippen LogP contribution in [0.15, 0.2) is 34.8 Å². The number of nitrogens with zero attached hydrogens (tertiary/aromatic N) is 4. The van der Waals surface area contributed by atoms with Crippen LogP contribution in [0.5, 0.6) is 0 Å². The van der Waals surface area contributed by atoms with E-state index in [-0.39, 0.29) is 23.5 Å². The summed E-state index contributed by atoms with van der Waals surface area (Å²) < 4.78 is 1.80. The van der Waals surface area contributed by atoms with Crippen LogP contribution in [-0.2, 0) is 23.1 Å². The molecule has 2 aromatic heterocycles. The summed E-state index contributed by atoms with van der Waals surface area (Å²) in [4.78, 5) is 28.8. The number of aryl methyl sites for hydroxylation is 2. The Hall–Kier alpha value is -2.43. The van der Waals surface area contributed by atoms with E-state index in [0.29, 0.717) is 33.2 Å². The van der Waals surface area contributed by atoms with Gasteiger partial charge in [0.2, 0.25) is 11.8 Å². The van der Waals surface area contributed by atoms with Crippen LogP contribution in [0.4, 0.5) is 10.8 Å². The first-order valence-corrected chi connectivity index (χ1v) is 11.3. The molecule has 0 aliphatic heterocycles. The van der Waals surface area contributed by atoms with Gasteiger partial charge in [-0.05, 0) is 26.0 Å². The Morgan fingerprint density at radius 2 is 2.03 bits per heavy atom. The van der Waals surface area contributed by atoms with E-state index in [9.17, 15) is 9.59 Å². The van der Waals surface area contributed by atoms with Crippen molar-refractivity contribution in [3.05, 3.63) is 46.2 Å². The van der Waals surface area contributed by atoms with Crippen molar-refractivity contribution in [2.75, 3.05) is 10.6 Å². The zero-order chi connectivity index (χ0) is 21.7. The van der Waals surface area contributed by atoms with Crippen LogP contribution in [-0.4, -0.2) is 36.8 Å². The quantitative estimate of drug-likeness (QED) is 0.490. The number of aromatic nitrogens is 4. The molecule has 8 nitrogen and oxygen atoms in total. The van der Waals surface area contributed by atoms with Crippen LogP contribution in [0, 0.1) is 6.92 Å². The number of benzene rings is 1. The van der Waals surface area contributed by atoms with Crippen LogP contribution in [0.3, 0.4) is 0 Å². The van der Waals surface area contributed by atoms with E-state index in [0.717, 1.165) is 5.69 Å². The maximum Gasteiger partial charge on any atom is 0.239 e. The van der Waals surface area contributed by atoms with Crippen molar-refractivity contribution in [2.24, 2.45) is 7.05 Å². The molecule has 2 N–H and O–H groups in total. The second-order valence-corrected chi connectivity index (χ2v) is 9.10. The summed E-state index contributed by atoms with van der Waals surface area (Å²) in [6.07, 6.45) is 0.653. The van der Waals surface area contributed by atoms with Crippen molar-refractivity contribution in [1.82, 2.24) is 19.7 Å². The molecular weight excluding hydrogens is 444 g/mol. The molecule has 0 radical (unpaired) electrons. The number of anilines is 2. The number of nitrogens with one attached hydrogen (secondary N) is 2. The number of hydrogen-bond acceptors (Lipinski definition) is 7. The summed E-state index contributed by atoms with van der Waals surface area (Å²) in [7, 11) is 1.82. The molecule has 0 bridgehead atoms. The van der Waals surface area contributed by atoms with Crippen LogP contribution < -0.4 is 10.6 Å². The van der Waals surface area contributed by atoms with Crippen molar-refractivity contribution in [2.45, 2.75) is 37.1 Å². The van der Waals surface area contributed by atoms with Gasteiger partial charge in [0.15, 0.2) is 10.3 Å². The molecule has 3 aromatic rings. The van der Waals surface area contributed by atoms with E-state index >= 15 is 0 Å². The highest BCUT2D eigenvalue weighted by atomic mass is 35.5. The number of amides is 2. The second kappa shape index (κ2) is 10.1. The van der Waals surface area contributed by atoms with Gasteiger partial charge >= 0.3 is 0 Å². The van der Waals surface area contributed by atoms with Crippen LogP contribution in [0.25, 0.3) is 0 Å². The van der Waals surface area contributed by atoms with Crippen molar-refractivity contribution < 1.29 is 9.59 Å². The predicted octanol–water partition coefficient (Wildman–Crippen LogP) is 3.92. The first-order valence-electron chi connectivity index (χ1n) is 9.15. The SMILES string of the molecule is Cc1csc(NC(=O)[C@@H](C)Sc2nnc(CCC(=O)Nc3ccccc3Cl)n2C)n1. The topological polar surface area (TPSA) is 102 Å². The third kappa shape index (κ3) is 5.80. The third-order valence-electron chi connectivity index (χ3n) is 4.15. The van der Waals surface area contributed by atoms with E-state index in [1.54, 1.807) is 35.8 Å². The predicted molar refractivity (Wildman–Crippen MR) is 120 cm³/mol. The Kier molecular flexibility index (Phi) is 7.46. The summed E-state index contributed by atoms with van der Waals surface area (Å²) in [5, 5.41) is 17.1. The van der Waals surface area contributed by atoms with Crippen molar-refractivity contribution in [1.29, 1.82) is 0 Å². The monoisotopic (exact) mass is 464 g/mol. The molecule has 11 heteroatoms. The summed E-state index contributed by atoms with van der Waals surface area (Å²) in [6.45, 7) is 3.67. The number of thioether (sulfide) groups is 1. The smallest absolute Gasteiger partial charge is 0.239 e. The molecule has 0 unspecified atom stereocenters. The fourth-order valence-electron chi connectivity index (χ4n) is 2.50. The van der Waals surface area contributed by atoms with Gasteiger partial charge in [-0.2, -0.15) is 0 Å². The molecule has 0 saturated carbocycles. The van der Waals surface area contributed by atoms with Crippen LogP contribution >= 0.6 is 34.7 Å². The average molecular weight is 465 g/mol. The number of carbonyl (C=O) groups excluding carboxylic acids is 2. The molecule has 2 amide bonds. The van der Waals surface area contributed by atoms with Gasteiger partial charge < -0.3 is 15.2 Å². The Labute approximate surface area is 187 Å². The fourth-order valence-corrected chi connectivity index (χ4v) is 4.20. The molecule has 30 heavy (non-hydrogen) atoms. The molecule has 0 spiro atoms. The number of rotatable bonds is 8. The van der Waals surface area contributed by atoms with E-state index in [1.165, 1.54) is 23.1 Å². The lowest BCUT2D eigenvalue weighted by Gasteiger charge is -2.10. The second-order valence-electron chi connectivity index (χ2n) is 6.53. The van der Waals surface area contributed by atoms with Gasteiger partial charge in [-0.15, -0.1) is 21.5 Å². The zero-order valence-electron chi connectivity index (χ0n) is 16.7. The summed E-state index contributed by atoms with van der Waals surface area (Å²) in [5.74, 6) is 0.347. The lowest BCUT2D eigenvalue weighted by Crippen LogP contribution is -2.22. The standard InChI is InChI=1S/C19H21ClN6O2S2/c1-11-10-29-18(21-11)23-17(28)12(2)30-19-25-24-15(26(19)3)8-9-16(27)22-14-7-5-4-6-13(14)20/h4-7,10,12H,8-9H2,1-3H3,(H,22,27)(H,21,23,28)/t12-/m1/s1. The largest absolute Gasteiger partial charge is 0.325 e. The maximum atomic E-state index is 12.4. The molecule has 3 rings (SSSR count). The van der Waals surface area contributed by atoms with E-state index in [4.69, 9.17) is 11.6 Å². The number of thiazole rings is 1. The Morgan fingerprint density at radius 3 is 2.73 bits per heavy atom. The number of halogens is 1. The molecule has 2 heterocycles. The van der Waals surface area contributed by atoms with Crippen LogP contribution in [0.1, 0.15) is 24.9 Å². The first-order chi connectivity index (χ1) is 14.3. The van der Waals surface area contributed by atoms with Crippen LogP contribution in [0.2, 0.25) is 5.02 Å². The highest BCUT2D eigenvalue weighted by molar-refractivity contribution is 8.00. The zero-order valence-corrected chi connectivity index (χ0v) is 19.1. The third-order valence-corrected chi connectivity index (χ3v) is 6.49. The Bertz CT molecular complexity index is 1050. The van der Waals surface area contributed by atoms with Gasteiger partial charge in [-0.3, -0.25) is 9.59 Å². The highest BCUT2D eigenvalue weighted by Crippen LogP contribution is 2.24. The lowest BCUT2D eigenvalue weighted by molar-refractivity contribution is -0.116. The van der Waals surface area contributed by atoms with Gasteiger partial charge in [0, 0.05) is 25.3 Å². The van der Waals surface area contributed by atoms with E-state index < -0.39 is 0 Å². The number of carbonyl (C=O) groups is 2. The molecular formula is C19H21ClN6O2S2. The maximum absolute atomic E-state index is 12.4.